The average molecular weight is 638 g/mol. The lowest BCUT2D eigenvalue weighted by atomic mass is 9.84. The summed E-state index contributed by atoms with van der Waals surface area (Å²) in [6.07, 6.45) is 3.41. The molecule has 1 aliphatic heterocycles. The number of para-hydroxylation sites is 1. The number of fused-ring (bicyclic) bond motifs is 1. The summed E-state index contributed by atoms with van der Waals surface area (Å²) in [6.45, 7) is 1.48. The average Bonchev–Trinajstić information content (AvgIpc) is 3.58. The number of aryl methyl sites for hydroxylation is 1. The van der Waals surface area contributed by atoms with Crippen molar-refractivity contribution in [1.29, 1.82) is 0 Å². The number of thioether (sulfide) groups is 1. The molecule has 3 atom stereocenters. The van der Waals surface area contributed by atoms with E-state index in [-0.39, 0.29) is 12.2 Å². The van der Waals surface area contributed by atoms with Gasteiger partial charge in [-0.1, -0.05) is 78.9 Å². The molecule has 46 heavy (non-hydrogen) atoms. The maximum absolute atomic E-state index is 13.9. The number of rotatable bonds is 12. The number of nitrogens with one attached hydrogen (secondary N) is 4. The molecule has 0 saturated carbocycles. The zero-order chi connectivity index (χ0) is 31.7. The Kier molecular flexibility index (Phi) is 10.2. The number of carboxylic acid groups (broad SMARTS) is 1. The van der Waals surface area contributed by atoms with Gasteiger partial charge in [-0.25, -0.2) is 14.8 Å². The van der Waals surface area contributed by atoms with E-state index in [0.29, 0.717) is 17.8 Å². The summed E-state index contributed by atoms with van der Waals surface area (Å²) in [4.78, 5) is 34.5. The molecule has 11 nitrogen and oxygen atoms in total. The normalized spacial score (nSPS) is 17.1. The number of hydrogen-bond donors (Lipinski definition) is 5. The SMILES string of the molecule is O=C(O)N[C@H](C(=O)Nc1ccccc1CC[C@@H]1CNC[C@@H](CSc2ncnc3[nH]ncc23)O1)C(c1ccccc1)c1ccccc1. The van der Waals surface area contributed by atoms with Gasteiger partial charge < -0.3 is 25.8 Å². The van der Waals surface area contributed by atoms with E-state index in [1.807, 2.05) is 84.9 Å². The Bertz CT molecular complexity index is 1720. The van der Waals surface area contributed by atoms with Crippen LogP contribution in [0.4, 0.5) is 10.5 Å². The lowest BCUT2D eigenvalue weighted by Crippen LogP contribution is -2.47. The van der Waals surface area contributed by atoms with Crippen molar-refractivity contribution < 1.29 is 19.4 Å². The van der Waals surface area contributed by atoms with Crippen LogP contribution in [0, 0.1) is 0 Å². The van der Waals surface area contributed by atoms with Gasteiger partial charge in [0.15, 0.2) is 5.65 Å². The van der Waals surface area contributed by atoms with Crippen LogP contribution in [-0.4, -0.2) is 74.4 Å². The van der Waals surface area contributed by atoms with Gasteiger partial charge in [-0.05, 0) is 35.6 Å². The quantitative estimate of drug-likeness (QED) is 0.0955. The highest BCUT2D eigenvalue weighted by Crippen LogP contribution is 2.30. The minimum absolute atomic E-state index is 0.00590. The van der Waals surface area contributed by atoms with E-state index in [0.717, 1.165) is 52.4 Å². The summed E-state index contributed by atoms with van der Waals surface area (Å²) >= 11 is 1.62. The topological polar surface area (TPSA) is 154 Å². The highest BCUT2D eigenvalue weighted by molar-refractivity contribution is 7.99. The van der Waals surface area contributed by atoms with Crippen molar-refractivity contribution in [3.63, 3.8) is 0 Å². The van der Waals surface area contributed by atoms with Crippen LogP contribution in [0.5, 0.6) is 0 Å². The van der Waals surface area contributed by atoms with Crippen molar-refractivity contribution in [2.24, 2.45) is 0 Å². The van der Waals surface area contributed by atoms with Crippen LogP contribution in [-0.2, 0) is 16.0 Å². The van der Waals surface area contributed by atoms with E-state index in [1.165, 1.54) is 6.33 Å². The number of ether oxygens (including phenoxy) is 1. The third-order valence-corrected chi connectivity index (χ3v) is 9.11. The number of aromatic nitrogens is 4. The molecule has 0 radical (unpaired) electrons. The predicted molar refractivity (Wildman–Crippen MR) is 177 cm³/mol. The second kappa shape index (κ2) is 15.0. The standard InChI is InChI=1S/C34H35N7O4S/c42-32(30(40-34(43)44)29(23-10-3-1-4-11-23)24-12-5-2-6-13-24)39-28-14-8-7-9-22(28)15-16-25-17-35-18-26(45-25)20-46-33-27-19-38-41-31(27)36-21-37-33/h1-14,19,21,25-26,29-30,35,40H,15-18,20H2,(H,39,42)(H,43,44)(H,36,37,38,41)/t25-,26+,30+/m1/s1. The maximum Gasteiger partial charge on any atom is 0.405 e. The molecule has 12 heteroatoms. The van der Waals surface area contributed by atoms with Gasteiger partial charge >= 0.3 is 6.09 Å². The minimum atomic E-state index is -1.27. The summed E-state index contributed by atoms with van der Waals surface area (Å²) in [5, 5.41) is 27.5. The van der Waals surface area contributed by atoms with E-state index in [1.54, 1.807) is 18.0 Å². The first-order valence-electron chi connectivity index (χ1n) is 15.2. The molecule has 5 N–H and O–H groups in total. The Morgan fingerprint density at radius 3 is 2.37 bits per heavy atom. The molecule has 236 valence electrons. The first-order chi connectivity index (χ1) is 22.5. The Morgan fingerprint density at radius 1 is 0.935 bits per heavy atom. The fourth-order valence-corrected chi connectivity index (χ4v) is 6.76. The van der Waals surface area contributed by atoms with Crippen LogP contribution in [0.2, 0.25) is 0 Å². The van der Waals surface area contributed by atoms with Crippen LogP contribution in [0.25, 0.3) is 11.0 Å². The van der Waals surface area contributed by atoms with Crippen molar-refractivity contribution in [2.45, 2.75) is 42.0 Å². The molecule has 3 heterocycles. The minimum Gasteiger partial charge on any atom is -0.465 e. The molecule has 2 amide bonds. The first kappa shape index (κ1) is 31.2. The second-order valence-corrected chi connectivity index (χ2v) is 12.1. The molecule has 3 aromatic carbocycles. The van der Waals surface area contributed by atoms with E-state index in [9.17, 15) is 14.7 Å². The summed E-state index contributed by atoms with van der Waals surface area (Å²) in [7, 11) is 0. The van der Waals surface area contributed by atoms with Crippen LogP contribution >= 0.6 is 11.8 Å². The molecule has 5 aromatic rings. The Labute approximate surface area is 270 Å². The first-order valence-corrected chi connectivity index (χ1v) is 16.1. The number of anilines is 1. The number of carbonyl (C=O) groups is 2. The van der Waals surface area contributed by atoms with Crippen molar-refractivity contribution in [2.75, 3.05) is 24.2 Å². The summed E-state index contributed by atoms with van der Waals surface area (Å²) < 4.78 is 6.44. The number of amides is 2. The van der Waals surface area contributed by atoms with Crippen LogP contribution in [0.15, 0.2) is 102 Å². The Hall–Kier alpha value is -4.78. The summed E-state index contributed by atoms with van der Waals surface area (Å²) in [5.41, 5.74) is 3.97. The molecule has 0 aliphatic carbocycles. The van der Waals surface area contributed by atoms with Crippen LogP contribution in [0.1, 0.15) is 29.0 Å². The number of hydrogen-bond acceptors (Lipinski definition) is 8. The molecule has 6 rings (SSSR count). The monoisotopic (exact) mass is 637 g/mol. The van der Waals surface area contributed by atoms with Gasteiger partial charge in [-0.3, -0.25) is 9.89 Å². The highest BCUT2D eigenvalue weighted by Gasteiger charge is 2.33. The molecule has 0 spiro atoms. The highest BCUT2D eigenvalue weighted by atomic mass is 32.2. The molecule has 0 unspecified atom stereocenters. The third kappa shape index (κ3) is 7.71. The number of benzene rings is 3. The van der Waals surface area contributed by atoms with E-state index >= 15 is 0 Å². The van der Waals surface area contributed by atoms with E-state index < -0.39 is 24.0 Å². The van der Waals surface area contributed by atoms with Gasteiger partial charge in [0.05, 0.1) is 23.8 Å². The number of morpholine rings is 1. The van der Waals surface area contributed by atoms with Gasteiger partial charge in [0.25, 0.3) is 0 Å². The smallest absolute Gasteiger partial charge is 0.405 e. The summed E-state index contributed by atoms with van der Waals surface area (Å²) in [5.74, 6) is -0.235. The lowest BCUT2D eigenvalue weighted by Gasteiger charge is -2.31. The molecular weight excluding hydrogens is 602 g/mol. The fraction of sp³-hybridized carbons (Fsp3) is 0.265. The Balaban J connectivity index is 1.12. The van der Waals surface area contributed by atoms with E-state index in [4.69, 9.17) is 4.74 Å². The van der Waals surface area contributed by atoms with Crippen molar-refractivity contribution in [3.8, 4) is 0 Å². The predicted octanol–water partition coefficient (Wildman–Crippen LogP) is 4.84. The molecule has 1 fully saturated rings. The van der Waals surface area contributed by atoms with Crippen molar-refractivity contribution in [3.05, 3.63) is 114 Å². The van der Waals surface area contributed by atoms with Crippen molar-refractivity contribution in [1.82, 2.24) is 30.8 Å². The zero-order valence-corrected chi connectivity index (χ0v) is 25.8. The maximum atomic E-state index is 13.9. The van der Waals surface area contributed by atoms with Gasteiger partial charge in [0, 0.05) is 30.4 Å². The third-order valence-electron chi connectivity index (χ3n) is 7.97. The molecule has 1 saturated heterocycles. The second-order valence-electron chi connectivity index (χ2n) is 11.1. The van der Waals surface area contributed by atoms with Crippen molar-refractivity contribution >= 4 is 40.5 Å². The van der Waals surface area contributed by atoms with Gasteiger partial charge in [-0.2, -0.15) is 5.10 Å². The van der Waals surface area contributed by atoms with Gasteiger partial charge in [0.1, 0.15) is 17.4 Å². The largest absolute Gasteiger partial charge is 0.465 e. The Morgan fingerprint density at radius 2 is 1.63 bits per heavy atom. The lowest BCUT2D eigenvalue weighted by molar-refractivity contribution is -0.118. The molecule has 2 aromatic heterocycles. The van der Waals surface area contributed by atoms with E-state index in [2.05, 4.69) is 36.1 Å². The summed E-state index contributed by atoms with van der Waals surface area (Å²) in [6, 6.07) is 25.5. The van der Waals surface area contributed by atoms with Gasteiger partial charge in [-0.15, -0.1) is 11.8 Å². The number of aromatic amines is 1. The molecule has 1 aliphatic rings. The van der Waals surface area contributed by atoms with Crippen LogP contribution < -0.4 is 16.0 Å². The zero-order valence-electron chi connectivity index (χ0n) is 25.0. The van der Waals surface area contributed by atoms with Crippen LogP contribution in [0.3, 0.4) is 0 Å². The van der Waals surface area contributed by atoms with Gasteiger partial charge in [0.2, 0.25) is 5.91 Å². The number of nitrogens with zero attached hydrogens (tertiary/aromatic N) is 3. The molecular formula is C34H35N7O4S. The number of carbonyl (C=O) groups excluding carboxylic acids is 1. The number of H-pyrrole nitrogens is 1. The fourth-order valence-electron chi connectivity index (χ4n) is 5.79. The molecule has 0 bridgehead atoms.